The van der Waals surface area contributed by atoms with Gasteiger partial charge in [-0.15, -0.1) is 0 Å². The molecule has 2 atom stereocenters. The summed E-state index contributed by atoms with van der Waals surface area (Å²) in [7, 11) is 0. The Morgan fingerprint density at radius 1 is 0.472 bits per heavy atom. The molecule has 0 N–H and O–H groups in total. The number of aromatic nitrogens is 3. The number of allylic oxidation sites excluding steroid dienone is 4. The van der Waals surface area contributed by atoms with Gasteiger partial charge in [-0.2, -0.15) is 9.97 Å². The molecular formula is C67H50N4O. The molecule has 0 bridgehead atoms. The Bertz CT molecular complexity index is 3900. The maximum Gasteiger partial charge on any atom is 0.238 e. The molecule has 0 saturated carbocycles. The molecule has 0 spiro atoms. The van der Waals surface area contributed by atoms with Crippen LogP contribution in [0.3, 0.4) is 0 Å². The first-order chi connectivity index (χ1) is 35.5. The maximum absolute atomic E-state index is 6.25. The summed E-state index contributed by atoms with van der Waals surface area (Å²) in [6, 6.07) is 76.4. The van der Waals surface area contributed by atoms with Gasteiger partial charge in [0.1, 0.15) is 17.0 Å². The summed E-state index contributed by atoms with van der Waals surface area (Å²) in [6.45, 7) is 6.70. The average Bonchev–Trinajstić information content (AvgIpc) is 3.96. The quantitative estimate of drug-likeness (QED) is 0.144. The zero-order valence-electron chi connectivity index (χ0n) is 40.4. The van der Waals surface area contributed by atoms with Gasteiger partial charge in [0.05, 0.1) is 11.1 Å². The van der Waals surface area contributed by atoms with E-state index in [2.05, 4.69) is 232 Å². The lowest BCUT2D eigenvalue weighted by Crippen LogP contribution is -2.31. The van der Waals surface area contributed by atoms with Crippen LogP contribution in [0.25, 0.3) is 66.7 Å². The first-order valence-corrected chi connectivity index (χ1v) is 24.9. The predicted octanol–water partition coefficient (Wildman–Crippen LogP) is 17.1. The highest BCUT2D eigenvalue weighted by Crippen LogP contribution is 2.58. The molecule has 11 aromatic rings. The standard InChI is InChI=1S/C67H50N4O/c1-43-21-10-11-26-50(43)65-68-64(46-22-6-4-7-23-46)69-66(70-65)71(61-35-18-17-34-60(61)67(48-24-8-5-9-25-48)58-32-15-12-27-53(58)54-28-13-16-33-59(54)67)49-39-37-44(2)56(42-49)52-31-20-30-51(45(52)3)47-38-40-63-57(41-47)55-29-14-19-36-62(55)72-63/h4-43,50H,1-3H3. The summed E-state index contributed by atoms with van der Waals surface area (Å²) >= 11 is 0. The first kappa shape index (κ1) is 43.1. The van der Waals surface area contributed by atoms with E-state index in [4.69, 9.17) is 19.4 Å². The van der Waals surface area contributed by atoms with E-state index in [9.17, 15) is 0 Å². The zero-order valence-corrected chi connectivity index (χ0v) is 40.4. The van der Waals surface area contributed by atoms with Gasteiger partial charge in [-0.1, -0.05) is 207 Å². The van der Waals surface area contributed by atoms with Crippen LogP contribution in [0.1, 0.15) is 52.0 Å². The lowest BCUT2D eigenvalue weighted by molar-refractivity contribution is 0.599. The van der Waals surface area contributed by atoms with E-state index in [0.29, 0.717) is 11.8 Å². The van der Waals surface area contributed by atoms with Crippen molar-refractivity contribution in [2.45, 2.75) is 32.1 Å². The van der Waals surface area contributed by atoms with Crippen LogP contribution < -0.4 is 4.90 Å². The minimum absolute atomic E-state index is 0.0567. The fourth-order valence-electron chi connectivity index (χ4n) is 11.6. The molecule has 344 valence electrons. The smallest absolute Gasteiger partial charge is 0.238 e. The lowest BCUT2D eigenvalue weighted by atomic mass is 9.67. The molecule has 0 saturated heterocycles. The highest BCUT2D eigenvalue weighted by molar-refractivity contribution is 6.06. The monoisotopic (exact) mass is 926 g/mol. The van der Waals surface area contributed by atoms with Crippen LogP contribution in [0.4, 0.5) is 17.3 Å². The second kappa shape index (κ2) is 17.5. The summed E-state index contributed by atoms with van der Waals surface area (Å²) in [5.74, 6) is 2.02. The average molecular weight is 927 g/mol. The number of fused-ring (bicyclic) bond motifs is 6. The van der Waals surface area contributed by atoms with E-state index in [-0.39, 0.29) is 11.8 Å². The van der Waals surface area contributed by atoms with Gasteiger partial charge in [-0.25, -0.2) is 4.98 Å². The number of nitrogens with zero attached hydrogens (tertiary/aromatic N) is 4. The van der Waals surface area contributed by atoms with Crippen molar-refractivity contribution in [1.82, 2.24) is 15.0 Å². The fourth-order valence-corrected chi connectivity index (χ4v) is 11.6. The lowest BCUT2D eigenvalue weighted by Gasteiger charge is -2.38. The number of furan rings is 1. The Morgan fingerprint density at radius 2 is 1.11 bits per heavy atom. The third kappa shape index (κ3) is 6.95. The molecular weight excluding hydrogens is 877 g/mol. The van der Waals surface area contributed by atoms with E-state index in [1.54, 1.807) is 0 Å². The molecule has 2 aliphatic carbocycles. The van der Waals surface area contributed by atoms with Crippen LogP contribution in [0.2, 0.25) is 0 Å². The second-order valence-electron chi connectivity index (χ2n) is 19.2. The van der Waals surface area contributed by atoms with Crippen molar-refractivity contribution in [3.63, 3.8) is 0 Å². The molecule has 72 heavy (non-hydrogen) atoms. The minimum atomic E-state index is -0.702. The summed E-state index contributed by atoms with van der Waals surface area (Å²) < 4.78 is 6.25. The van der Waals surface area contributed by atoms with E-state index in [1.807, 2.05) is 30.3 Å². The van der Waals surface area contributed by atoms with Crippen molar-refractivity contribution in [1.29, 1.82) is 0 Å². The van der Waals surface area contributed by atoms with E-state index in [0.717, 1.165) is 72.5 Å². The van der Waals surface area contributed by atoms with Crippen LogP contribution >= 0.6 is 0 Å². The van der Waals surface area contributed by atoms with Crippen LogP contribution in [0, 0.1) is 19.8 Å². The summed E-state index contributed by atoms with van der Waals surface area (Å²) in [6.07, 6.45) is 8.69. The number of aryl methyl sites for hydroxylation is 1. The molecule has 0 aliphatic heterocycles. The molecule has 9 aromatic carbocycles. The largest absolute Gasteiger partial charge is 0.456 e. The van der Waals surface area contributed by atoms with E-state index in [1.165, 1.54) is 38.9 Å². The number of para-hydroxylation sites is 2. The third-order valence-electron chi connectivity index (χ3n) is 15.1. The summed E-state index contributed by atoms with van der Waals surface area (Å²) in [5.41, 5.74) is 18.1. The summed E-state index contributed by atoms with van der Waals surface area (Å²) in [5, 5.41) is 2.23. The highest BCUT2D eigenvalue weighted by Gasteiger charge is 2.48. The van der Waals surface area contributed by atoms with E-state index < -0.39 is 5.41 Å². The molecule has 0 radical (unpaired) electrons. The van der Waals surface area contributed by atoms with Crippen molar-refractivity contribution >= 4 is 39.3 Å². The Hall–Kier alpha value is -8.93. The molecule has 5 heteroatoms. The summed E-state index contributed by atoms with van der Waals surface area (Å²) in [4.78, 5) is 18.7. The SMILES string of the molecule is Cc1ccc(N(c2nc(-c3ccccc3)nc(C3C=CC=CC3C)n2)c2ccccc2C2(c3ccccc3)c3ccccc3-c3ccccc32)cc1-c1cccc(-c2ccc3oc4ccccc4c3c2)c1C. The van der Waals surface area contributed by atoms with Crippen LogP contribution in [0.15, 0.2) is 241 Å². The molecule has 2 unspecified atom stereocenters. The van der Waals surface area contributed by atoms with Gasteiger partial charge < -0.3 is 4.42 Å². The Labute approximate surface area is 420 Å². The number of rotatable bonds is 9. The zero-order chi connectivity index (χ0) is 48.3. The van der Waals surface area contributed by atoms with Gasteiger partial charge in [0.2, 0.25) is 5.95 Å². The molecule has 2 aliphatic rings. The Morgan fingerprint density at radius 3 is 1.89 bits per heavy atom. The number of anilines is 3. The molecule has 13 rings (SSSR count). The van der Waals surface area contributed by atoms with Crippen molar-refractivity contribution in [2.75, 3.05) is 4.90 Å². The van der Waals surface area contributed by atoms with E-state index >= 15 is 0 Å². The van der Waals surface area contributed by atoms with Crippen LogP contribution in [-0.4, -0.2) is 15.0 Å². The minimum Gasteiger partial charge on any atom is -0.456 e. The topological polar surface area (TPSA) is 55.1 Å². The van der Waals surface area contributed by atoms with Gasteiger partial charge >= 0.3 is 0 Å². The fraction of sp³-hybridized carbons (Fsp3) is 0.0896. The van der Waals surface area contributed by atoms with Crippen molar-refractivity contribution in [3.8, 4) is 44.8 Å². The van der Waals surface area contributed by atoms with Crippen molar-refractivity contribution in [2.24, 2.45) is 5.92 Å². The van der Waals surface area contributed by atoms with Crippen LogP contribution in [-0.2, 0) is 5.41 Å². The maximum atomic E-state index is 6.25. The van der Waals surface area contributed by atoms with Crippen molar-refractivity contribution in [3.05, 3.63) is 276 Å². The van der Waals surface area contributed by atoms with Crippen LogP contribution in [0.5, 0.6) is 0 Å². The van der Waals surface area contributed by atoms with Gasteiger partial charge in [0.25, 0.3) is 0 Å². The van der Waals surface area contributed by atoms with Gasteiger partial charge in [-0.05, 0) is 123 Å². The predicted molar refractivity (Wildman–Crippen MR) is 295 cm³/mol. The van der Waals surface area contributed by atoms with Gasteiger partial charge in [0, 0.05) is 27.9 Å². The third-order valence-corrected chi connectivity index (χ3v) is 15.1. The molecule has 0 fully saturated rings. The molecule has 5 nitrogen and oxygen atoms in total. The van der Waals surface area contributed by atoms with Crippen molar-refractivity contribution < 1.29 is 4.42 Å². The number of hydrogen-bond acceptors (Lipinski definition) is 5. The highest BCUT2D eigenvalue weighted by atomic mass is 16.3. The normalized spacial score (nSPS) is 15.4. The first-order valence-electron chi connectivity index (χ1n) is 24.9. The Kier molecular flexibility index (Phi) is 10.5. The molecule has 0 amide bonds. The molecule has 2 aromatic heterocycles. The molecule has 2 heterocycles. The Balaban J connectivity index is 1.07. The number of benzene rings is 9. The second-order valence-corrected chi connectivity index (χ2v) is 19.2. The van der Waals surface area contributed by atoms with Gasteiger partial charge in [-0.3, -0.25) is 4.90 Å². The number of hydrogen-bond donors (Lipinski definition) is 0. The van der Waals surface area contributed by atoms with Gasteiger partial charge in [0.15, 0.2) is 5.82 Å².